The lowest BCUT2D eigenvalue weighted by Crippen LogP contribution is -2.01. The number of carbonyl (C=O) groups is 1. The Kier molecular flexibility index (Phi) is 3.06. The van der Waals surface area contributed by atoms with E-state index in [1.165, 1.54) is 0 Å². The van der Waals surface area contributed by atoms with E-state index in [0.29, 0.717) is 0 Å². The highest BCUT2D eigenvalue weighted by Gasteiger charge is 2.16. The van der Waals surface area contributed by atoms with E-state index in [2.05, 4.69) is 28.8 Å². The predicted molar refractivity (Wildman–Crippen MR) is 80.0 cm³/mol. The molecular formula is C15H14N2O2S. The van der Waals surface area contributed by atoms with Gasteiger partial charge in [0.05, 0.1) is 22.3 Å². The van der Waals surface area contributed by atoms with E-state index in [1.54, 1.807) is 23.5 Å². The van der Waals surface area contributed by atoms with Crippen molar-refractivity contribution in [3.05, 3.63) is 46.4 Å². The molecule has 0 amide bonds. The van der Waals surface area contributed by atoms with Crippen LogP contribution in [0.4, 0.5) is 0 Å². The molecular weight excluding hydrogens is 272 g/mol. The number of aromatic carboxylic acids is 1. The van der Waals surface area contributed by atoms with E-state index < -0.39 is 5.97 Å². The second-order valence-corrected chi connectivity index (χ2v) is 5.73. The number of hydrogen-bond acceptors (Lipinski definition) is 3. The fraction of sp³-hybridized carbons (Fsp3) is 0.200. The molecule has 1 N–H and O–H groups in total. The van der Waals surface area contributed by atoms with E-state index in [0.717, 1.165) is 22.5 Å². The van der Waals surface area contributed by atoms with Crippen LogP contribution in [0, 0.1) is 0 Å². The van der Waals surface area contributed by atoms with Gasteiger partial charge in [0, 0.05) is 11.3 Å². The van der Waals surface area contributed by atoms with Gasteiger partial charge in [0.25, 0.3) is 0 Å². The number of nitrogens with zero attached hydrogens (tertiary/aromatic N) is 2. The third kappa shape index (κ3) is 2.00. The molecule has 0 atom stereocenters. The van der Waals surface area contributed by atoms with Gasteiger partial charge in [-0.15, -0.1) is 0 Å². The van der Waals surface area contributed by atoms with E-state index in [-0.39, 0.29) is 11.5 Å². The first-order chi connectivity index (χ1) is 9.58. The number of benzene rings is 1. The van der Waals surface area contributed by atoms with Crippen LogP contribution >= 0.6 is 11.3 Å². The summed E-state index contributed by atoms with van der Waals surface area (Å²) in [5, 5.41) is 13.2. The molecule has 3 rings (SSSR count). The molecule has 102 valence electrons. The van der Waals surface area contributed by atoms with Crippen molar-refractivity contribution in [2.24, 2.45) is 0 Å². The van der Waals surface area contributed by atoms with Crippen LogP contribution in [0.2, 0.25) is 0 Å². The molecule has 0 fully saturated rings. The Labute approximate surface area is 120 Å². The maximum Gasteiger partial charge on any atom is 0.335 e. The average molecular weight is 286 g/mol. The van der Waals surface area contributed by atoms with E-state index in [9.17, 15) is 4.79 Å². The zero-order valence-corrected chi connectivity index (χ0v) is 12.0. The van der Waals surface area contributed by atoms with Crippen LogP contribution in [0.25, 0.3) is 16.7 Å². The molecule has 5 heteroatoms. The van der Waals surface area contributed by atoms with Crippen molar-refractivity contribution in [3.63, 3.8) is 0 Å². The molecule has 4 nitrogen and oxygen atoms in total. The monoisotopic (exact) mass is 286 g/mol. The minimum Gasteiger partial charge on any atom is -0.478 e. The van der Waals surface area contributed by atoms with Gasteiger partial charge in [-0.1, -0.05) is 13.8 Å². The highest BCUT2D eigenvalue weighted by molar-refractivity contribution is 7.08. The third-order valence-corrected chi connectivity index (χ3v) is 3.88. The molecule has 0 spiro atoms. The largest absolute Gasteiger partial charge is 0.478 e. The second-order valence-electron chi connectivity index (χ2n) is 4.95. The summed E-state index contributed by atoms with van der Waals surface area (Å²) in [6.07, 6.45) is 0. The zero-order valence-electron chi connectivity index (χ0n) is 11.2. The summed E-state index contributed by atoms with van der Waals surface area (Å²) < 4.78 is 2.10. The van der Waals surface area contributed by atoms with Crippen molar-refractivity contribution in [2.45, 2.75) is 19.8 Å². The van der Waals surface area contributed by atoms with Crippen molar-refractivity contribution in [3.8, 4) is 5.69 Å². The van der Waals surface area contributed by atoms with Crippen LogP contribution in [0.15, 0.2) is 35.0 Å². The van der Waals surface area contributed by atoms with Gasteiger partial charge in [0.1, 0.15) is 5.82 Å². The molecule has 2 heterocycles. The summed E-state index contributed by atoms with van der Waals surface area (Å²) >= 11 is 1.63. The number of imidazole rings is 1. The number of carboxylic acid groups (broad SMARTS) is 1. The van der Waals surface area contributed by atoms with Crippen LogP contribution < -0.4 is 0 Å². The summed E-state index contributed by atoms with van der Waals surface area (Å²) in [6.45, 7) is 4.17. The molecule has 1 aromatic carbocycles. The lowest BCUT2D eigenvalue weighted by molar-refractivity contribution is 0.0697. The van der Waals surface area contributed by atoms with Gasteiger partial charge in [-0.3, -0.25) is 4.57 Å². The molecule has 0 bridgehead atoms. The van der Waals surface area contributed by atoms with Gasteiger partial charge >= 0.3 is 5.97 Å². The lowest BCUT2D eigenvalue weighted by atomic mass is 10.2. The van der Waals surface area contributed by atoms with Crippen molar-refractivity contribution in [2.75, 3.05) is 0 Å². The predicted octanol–water partition coefficient (Wildman–Crippen LogP) is 3.91. The Hall–Kier alpha value is -2.14. The first-order valence-corrected chi connectivity index (χ1v) is 7.30. The van der Waals surface area contributed by atoms with Crippen LogP contribution in [0.3, 0.4) is 0 Å². The first kappa shape index (κ1) is 12.9. The maximum absolute atomic E-state index is 11.1. The number of thiophene rings is 1. The summed E-state index contributed by atoms with van der Waals surface area (Å²) in [6, 6.07) is 7.13. The molecule has 3 aromatic rings. The normalized spacial score (nSPS) is 11.3. The standard InChI is InChI=1S/C15H14N2O2S/c1-9(2)14-16-12-7-10(15(18)19)3-4-13(12)17(14)11-5-6-20-8-11/h3-9H,1-2H3,(H,18,19). The molecule has 0 saturated heterocycles. The summed E-state index contributed by atoms with van der Waals surface area (Å²) in [4.78, 5) is 15.7. The zero-order chi connectivity index (χ0) is 14.3. The molecule has 0 saturated carbocycles. The Bertz CT molecular complexity index is 773. The Morgan fingerprint density at radius 1 is 1.35 bits per heavy atom. The SMILES string of the molecule is CC(C)c1nc2cc(C(=O)O)ccc2n1-c1ccsc1. The average Bonchev–Trinajstić information content (AvgIpc) is 3.03. The summed E-state index contributed by atoms with van der Waals surface area (Å²) in [7, 11) is 0. The highest BCUT2D eigenvalue weighted by Crippen LogP contribution is 2.27. The van der Waals surface area contributed by atoms with E-state index in [4.69, 9.17) is 5.11 Å². The molecule has 0 aliphatic rings. The number of hydrogen-bond donors (Lipinski definition) is 1. The number of fused-ring (bicyclic) bond motifs is 1. The van der Waals surface area contributed by atoms with Gasteiger partial charge in [0.2, 0.25) is 0 Å². The highest BCUT2D eigenvalue weighted by atomic mass is 32.1. The molecule has 0 aliphatic carbocycles. The molecule has 0 aliphatic heterocycles. The summed E-state index contributed by atoms with van der Waals surface area (Å²) in [5.41, 5.74) is 3.00. The van der Waals surface area contributed by atoms with Crippen LogP contribution in [-0.2, 0) is 0 Å². The first-order valence-electron chi connectivity index (χ1n) is 6.36. The Balaban J connectivity index is 2.31. The Morgan fingerprint density at radius 3 is 2.75 bits per heavy atom. The van der Waals surface area contributed by atoms with Gasteiger partial charge < -0.3 is 5.11 Å². The maximum atomic E-state index is 11.1. The van der Waals surface area contributed by atoms with Crippen LogP contribution in [-0.4, -0.2) is 20.6 Å². The topological polar surface area (TPSA) is 55.1 Å². The van der Waals surface area contributed by atoms with Gasteiger partial charge in [-0.05, 0) is 29.6 Å². The van der Waals surface area contributed by atoms with Crippen molar-refractivity contribution < 1.29 is 9.90 Å². The molecule has 2 aromatic heterocycles. The van der Waals surface area contributed by atoms with E-state index >= 15 is 0 Å². The smallest absolute Gasteiger partial charge is 0.335 e. The number of aromatic nitrogens is 2. The number of carboxylic acids is 1. The van der Waals surface area contributed by atoms with Gasteiger partial charge in [-0.2, -0.15) is 11.3 Å². The van der Waals surface area contributed by atoms with Crippen molar-refractivity contribution in [1.82, 2.24) is 9.55 Å². The van der Waals surface area contributed by atoms with Gasteiger partial charge in [0.15, 0.2) is 0 Å². The second kappa shape index (κ2) is 4.76. The molecule has 20 heavy (non-hydrogen) atoms. The fourth-order valence-electron chi connectivity index (χ4n) is 2.28. The molecule has 0 radical (unpaired) electrons. The van der Waals surface area contributed by atoms with Crippen molar-refractivity contribution in [1.29, 1.82) is 0 Å². The lowest BCUT2D eigenvalue weighted by Gasteiger charge is -2.09. The van der Waals surface area contributed by atoms with Gasteiger partial charge in [-0.25, -0.2) is 9.78 Å². The Morgan fingerprint density at radius 2 is 2.15 bits per heavy atom. The van der Waals surface area contributed by atoms with Crippen molar-refractivity contribution >= 4 is 28.3 Å². The van der Waals surface area contributed by atoms with E-state index in [1.807, 2.05) is 17.5 Å². The molecule has 0 unspecified atom stereocenters. The minimum atomic E-state index is -0.928. The number of rotatable bonds is 3. The third-order valence-electron chi connectivity index (χ3n) is 3.21. The van der Waals surface area contributed by atoms with Crippen LogP contribution in [0.5, 0.6) is 0 Å². The summed E-state index contributed by atoms with van der Waals surface area (Å²) in [5.74, 6) is 0.277. The quantitative estimate of drug-likeness (QED) is 0.794. The minimum absolute atomic E-state index is 0.260. The fourth-order valence-corrected chi connectivity index (χ4v) is 2.90. The van der Waals surface area contributed by atoms with Crippen LogP contribution in [0.1, 0.15) is 35.9 Å².